The van der Waals surface area contributed by atoms with Crippen molar-refractivity contribution in [2.75, 3.05) is 26.5 Å². The molecule has 3 aromatic carbocycles. The van der Waals surface area contributed by atoms with E-state index in [1.54, 1.807) is 25.2 Å². The highest BCUT2D eigenvalue weighted by molar-refractivity contribution is 6.05. The number of anilines is 1. The summed E-state index contributed by atoms with van der Waals surface area (Å²) >= 11 is 0. The maximum atomic E-state index is 12.1. The molecule has 7 heteroatoms. The molecule has 1 amide bonds. The Bertz CT molecular complexity index is 1430. The van der Waals surface area contributed by atoms with E-state index in [-0.39, 0.29) is 12.1 Å². The SMILES string of the molecule is CNC1=N[C@@H](c2cccnc2)Nc2ccc(-c3cccc(OCc4ccc(C(=O)N(C)C)cc4)c3)cc21. The second-order valence-corrected chi connectivity index (χ2v) is 9.03. The number of pyridine rings is 1. The Balaban J connectivity index is 1.32. The summed E-state index contributed by atoms with van der Waals surface area (Å²) in [6, 6.07) is 25.8. The number of amidine groups is 1. The van der Waals surface area contributed by atoms with Crippen LogP contribution < -0.4 is 15.4 Å². The third kappa shape index (κ3) is 5.30. The zero-order valence-corrected chi connectivity index (χ0v) is 21.1. The molecule has 1 aliphatic heterocycles. The average molecular weight is 492 g/mol. The number of aromatic nitrogens is 1. The van der Waals surface area contributed by atoms with Crippen molar-refractivity contribution in [1.29, 1.82) is 0 Å². The van der Waals surface area contributed by atoms with E-state index < -0.39 is 0 Å². The normalized spacial score (nSPS) is 14.1. The van der Waals surface area contributed by atoms with E-state index in [0.717, 1.165) is 45.1 Å². The van der Waals surface area contributed by atoms with E-state index in [4.69, 9.17) is 9.73 Å². The fraction of sp³-hybridized carbons (Fsp3) is 0.167. The van der Waals surface area contributed by atoms with Crippen molar-refractivity contribution in [2.24, 2.45) is 4.99 Å². The minimum Gasteiger partial charge on any atom is -0.489 e. The molecule has 37 heavy (non-hydrogen) atoms. The first-order valence-corrected chi connectivity index (χ1v) is 12.1. The molecular formula is C30H29N5O2. The van der Waals surface area contributed by atoms with Crippen molar-refractivity contribution < 1.29 is 9.53 Å². The molecule has 0 saturated carbocycles. The predicted octanol–water partition coefficient (Wildman–Crippen LogP) is 5.12. The van der Waals surface area contributed by atoms with Crippen molar-refractivity contribution in [3.05, 3.63) is 114 Å². The van der Waals surface area contributed by atoms with Crippen LogP contribution in [0.2, 0.25) is 0 Å². The van der Waals surface area contributed by atoms with Crippen LogP contribution >= 0.6 is 0 Å². The van der Waals surface area contributed by atoms with Crippen LogP contribution in [-0.2, 0) is 6.61 Å². The molecule has 0 bridgehead atoms. The van der Waals surface area contributed by atoms with Crippen LogP contribution in [0.5, 0.6) is 5.75 Å². The van der Waals surface area contributed by atoms with Gasteiger partial charge in [0.15, 0.2) is 0 Å². The van der Waals surface area contributed by atoms with Gasteiger partial charge in [0.2, 0.25) is 0 Å². The van der Waals surface area contributed by atoms with Crippen molar-refractivity contribution in [3.63, 3.8) is 0 Å². The number of rotatable bonds is 6. The van der Waals surface area contributed by atoms with E-state index in [1.165, 1.54) is 0 Å². The summed E-state index contributed by atoms with van der Waals surface area (Å²) in [5.74, 6) is 1.59. The minimum absolute atomic E-state index is 0.0144. The summed E-state index contributed by atoms with van der Waals surface area (Å²) in [6.07, 6.45) is 3.40. The maximum Gasteiger partial charge on any atom is 0.253 e. The number of nitrogens with one attached hydrogen (secondary N) is 2. The average Bonchev–Trinajstić information content (AvgIpc) is 2.95. The number of amides is 1. The number of nitrogens with zero attached hydrogens (tertiary/aromatic N) is 3. The highest BCUT2D eigenvalue weighted by Crippen LogP contribution is 2.33. The zero-order valence-electron chi connectivity index (χ0n) is 21.1. The lowest BCUT2D eigenvalue weighted by Crippen LogP contribution is -2.28. The quantitative estimate of drug-likeness (QED) is 0.391. The smallest absolute Gasteiger partial charge is 0.253 e. The summed E-state index contributed by atoms with van der Waals surface area (Å²) in [5.41, 5.74) is 6.82. The summed E-state index contributed by atoms with van der Waals surface area (Å²) in [5, 5.41) is 6.75. The Morgan fingerprint density at radius 1 is 1.00 bits per heavy atom. The summed E-state index contributed by atoms with van der Waals surface area (Å²) < 4.78 is 6.07. The Kier molecular flexibility index (Phi) is 6.85. The third-order valence-corrected chi connectivity index (χ3v) is 6.24. The van der Waals surface area contributed by atoms with Crippen molar-refractivity contribution in [2.45, 2.75) is 12.8 Å². The fourth-order valence-corrected chi connectivity index (χ4v) is 4.25. The molecule has 0 radical (unpaired) electrons. The van der Waals surface area contributed by atoms with Gasteiger partial charge in [0, 0.05) is 55.9 Å². The van der Waals surface area contributed by atoms with Gasteiger partial charge < -0.3 is 20.3 Å². The van der Waals surface area contributed by atoms with E-state index in [1.807, 2.05) is 67.8 Å². The number of fused-ring (bicyclic) bond motifs is 1. The van der Waals surface area contributed by atoms with Crippen LogP contribution in [0.3, 0.4) is 0 Å². The first kappa shape index (κ1) is 24.1. The maximum absolute atomic E-state index is 12.1. The topological polar surface area (TPSA) is 78.9 Å². The molecule has 1 atom stereocenters. The predicted molar refractivity (Wildman–Crippen MR) is 147 cm³/mol. The van der Waals surface area contributed by atoms with Crippen molar-refractivity contribution >= 4 is 17.4 Å². The van der Waals surface area contributed by atoms with Gasteiger partial charge in [0.25, 0.3) is 5.91 Å². The number of carbonyl (C=O) groups is 1. The van der Waals surface area contributed by atoms with Gasteiger partial charge in [0.05, 0.1) is 0 Å². The lowest BCUT2D eigenvalue weighted by Gasteiger charge is -2.26. The summed E-state index contributed by atoms with van der Waals surface area (Å²) in [6.45, 7) is 0.417. The van der Waals surface area contributed by atoms with Crippen LogP contribution in [0.25, 0.3) is 11.1 Å². The summed E-state index contributed by atoms with van der Waals surface area (Å²) in [4.78, 5) is 22.7. The molecule has 0 spiro atoms. The monoisotopic (exact) mass is 491 g/mol. The molecule has 0 saturated heterocycles. The lowest BCUT2D eigenvalue weighted by molar-refractivity contribution is 0.0827. The van der Waals surface area contributed by atoms with Gasteiger partial charge >= 0.3 is 0 Å². The van der Waals surface area contributed by atoms with Crippen LogP contribution in [0, 0.1) is 0 Å². The molecule has 0 aliphatic carbocycles. The van der Waals surface area contributed by atoms with E-state index in [9.17, 15) is 4.79 Å². The highest BCUT2D eigenvalue weighted by Gasteiger charge is 2.21. The van der Waals surface area contributed by atoms with E-state index in [2.05, 4.69) is 39.9 Å². The van der Waals surface area contributed by atoms with Crippen LogP contribution in [0.4, 0.5) is 5.69 Å². The number of hydrogen-bond acceptors (Lipinski definition) is 6. The molecule has 7 nitrogen and oxygen atoms in total. The molecule has 0 unspecified atom stereocenters. The first-order valence-electron chi connectivity index (χ1n) is 12.1. The molecule has 5 rings (SSSR count). The van der Waals surface area contributed by atoms with E-state index in [0.29, 0.717) is 12.2 Å². The Morgan fingerprint density at radius 2 is 1.81 bits per heavy atom. The molecule has 186 valence electrons. The van der Waals surface area contributed by atoms with Crippen LogP contribution in [0.1, 0.15) is 33.2 Å². The standard InChI is InChI=1S/C30H29N5O2/c1-31-29-26-17-23(13-14-27(26)33-28(34-29)24-7-5-15-32-18-24)22-6-4-8-25(16-22)37-19-20-9-11-21(12-10-20)30(36)35(2)3/h4-18,28,33H,19H2,1-3H3,(H,31,34)/t28-/m0/s1. The van der Waals surface area contributed by atoms with E-state index >= 15 is 0 Å². The molecular weight excluding hydrogens is 462 g/mol. The van der Waals surface area contributed by atoms with Gasteiger partial charge in [-0.1, -0.05) is 36.4 Å². The Morgan fingerprint density at radius 3 is 2.54 bits per heavy atom. The minimum atomic E-state index is -0.193. The largest absolute Gasteiger partial charge is 0.489 e. The van der Waals surface area contributed by atoms with Gasteiger partial charge in [-0.15, -0.1) is 0 Å². The van der Waals surface area contributed by atoms with Gasteiger partial charge in [-0.05, 0) is 59.2 Å². The first-order chi connectivity index (χ1) is 18.0. The van der Waals surface area contributed by atoms with Crippen LogP contribution in [-0.4, -0.2) is 42.8 Å². The number of benzene rings is 3. The second kappa shape index (κ2) is 10.5. The van der Waals surface area contributed by atoms with Gasteiger partial charge in [-0.3, -0.25) is 9.78 Å². The molecule has 2 N–H and O–H groups in total. The number of carbonyl (C=O) groups excluding carboxylic acids is 1. The molecule has 0 fully saturated rings. The third-order valence-electron chi connectivity index (χ3n) is 6.24. The van der Waals surface area contributed by atoms with Crippen molar-refractivity contribution in [1.82, 2.24) is 15.2 Å². The van der Waals surface area contributed by atoms with Gasteiger partial charge in [0.1, 0.15) is 24.4 Å². The highest BCUT2D eigenvalue weighted by atomic mass is 16.5. The van der Waals surface area contributed by atoms with Crippen LogP contribution in [0.15, 0.2) is 96.2 Å². The number of aliphatic imine (C=N–C) groups is 1. The zero-order chi connectivity index (χ0) is 25.8. The second-order valence-electron chi connectivity index (χ2n) is 9.03. The number of ether oxygens (including phenoxy) is 1. The Labute approximate surface area is 216 Å². The Hall–Kier alpha value is -4.65. The lowest BCUT2D eigenvalue weighted by atomic mass is 9.99. The molecule has 2 heterocycles. The number of hydrogen-bond donors (Lipinski definition) is 2. The summed E-state index contributed by atoms with van der Waals surface area (Å²) in [7, 11) is 5.38. The molecule has 4 aromatic rings. The molecule has 1 aromatic heterocycles. The van der Waals surface area contributed by atoms with Crippen molar-refractivity contribution in [3.8, 4) is 16.9 Å². The van der Waals surface area contributed by atoms with Gasteiger partial charge in [-0.2, -0.15) is 0 Å². The molecule has 1 aliphatic rings. The fourth-order valence-electron chi connectivity index (χ4n) is 4.25. The van der Waals surface area contributed by atoms with Gasteiger partial charge in [-0.25, -0.2) is 4.99 Å².